The highest BCUT2D eigenvalue weighted by molar-refractivity contribution is 5.72. The molecule has 1 heterocycles. The van der Waals surface area contributed by atoms with Crippen LogP contribution in [0.15, 0.2) is 30.3 Å². The summed E-state index contributed by atoms with van der Waals surface area (Å²) in [6.07, 6.45) is -1.64. The van der Waals surface area contributed by atoms with Crippen molar-refractivity contribution in [3.8, 4) is 0 Å². The number of nitrogens with zero attached hydrogens (tertiary/aromatic N) is 1. The summed E-state index contributed by atoms with van der Waals surface area (Å²) in [6.45, 7) is 4.32. The largest absolute Gasteiger partial charge is 0.389 e. The summed E-state index contributed by atoms with van der Waals surface area (Å²) >= 11 is 0. The van der Waals surface area contributed by atoms with Gasteiger partial charge >= 0.3 is 0 Å². The van der Waals surface area contributed by atoms with E-state index in [4.69, 9.17) is 0 Å². The SMILES string of the molecule is CC(=O)NC[C@@H]1[C@@H](O)[C@H](O)[C@@H](C)N1Cc1ccccc1. The van der Waals surface area contributed by atoms with Crippen LogP contribution in [0.25, 0.3) is 0 Å². The van der Waals surface area contributed by atoms with E-state index < -0.39 is 12.2 Å². The molecule has 0 aromatic heterocycles. The number of rotatable bonds is 4. The summed E-state index contributed by atoms with van der Waals surface area (Å²) in [5, 5.41) is 22.9. The number of amides is 1. The fraction of sp³-hybridized carbons (Fsp3) is 0.533. The second-order valence-corrected chi connectivity index (χ2v) is 5.38. The van der Waals surface area contributed by atoms with E-state index in [2.05, 4.69) is 5.32 Å². The summed E-state index contributed by atoms with van der Waals surface area (Å²) < 4.78 is 0. The van der Waals surface area contributed by atoms with E-state index >= 15 is 0 Å². The molecule has 0 bridgehead atoms. The lowest BCUT2D eigenvalue weighted by Gasteiger charge is -2.28. The molecule has 20 heavy (non-hydrogen) atoms. The normalized spacial score (nSPS) is 30.4. The second kappa shape index (κ2) is 6.35. The number of aliphatic hydroxyl groups excluding tert-OH is 2. The van der Waals surface area contributed by atoms with E-state index in [0.717, 1.165) is 5.56 Å². The van der Waals surface area contributed by atoms with Gasteiger partial charge in [0.05, 0.1) is 18.2 Å². The average Bonchev–Trinajstić information content (AvgIpc) is 2.63. The Balaban J connectivity index is 2.11. The molecule has 3 N–H and O–H groups in total. The maximum Gasteiger partial charge on any atom is 0.216 e. The summed E-state index contributed by atoms with van der Waals surface area (Å²) in [4.78, 5) is 13.1. The van der Waals surface area contributed by atoms with Crippen molar-refractivity contribution in [2.24, 2.45) is 0 Å². The lowest BCUT2D eigenvalue weighted by Crippen LogP contribution is -2.45. The maximum atomic E-state index is 11.1. The van der Waals surface area contributed by atoms with Crippen LogP contribution < -0.4 is 5.32 Å². The van der Waals surface area contributed by atoms with Crippen LogP contribution in [-0.2, 0) is 11.3 Å². The Morgan fingerprint density at radius 1 is 1.25 bits per heavy atom. The first kappa shape index (κ1) is 15.0. The minimum Gasteiger partial charge on any atom is -0.389 e. The fourth-order valence-electron chi connectivity index (χ4n) is 2.75. The number of benzene rings is 1. The molecular formula is C15H22N2O3. The van der Waals surface area contributed by atoms with E-state index in [1.165, 1.54) is 6.92 Å². The molecular weight excluding hydrogens is 256 g/mol. The number of aliphatic hydroxyl groups is 2. The van der Waals surface area contributed by atoms with E-state index in [1.807, 2.05) is 42.2 Å². The monoisotopic (exact) mass is 278 g/mol. The molecule has 0 radical (unpaired) electrons. The summed E-state index contributed by atoms with van der Waals surface area (Å²) in [7, 11) is 0. The molecule has 0 spiro atoms. The van der Waals surface area contributed by atoms with Gasteiger partial charge in [0.25, 0.3) is 0 Å². The first-order chi connectivity index (χ1) is 9.50. The summed E-state index contributed by atoms with van der Waals surface area (Å²) in [6, 6.07) is 9.49. The Morgan fingerprint density at radius 3 is 2.50 bits per heavy atom. The molecule has 2 rings (SSSR count). The van der Waals surface area contributed by atoms with Gasteiger partial charge in [-0.15, -0.1) is 0 Å². The molecule has 1 saturated heterocycles. The topological polar surface area (TPSA) is 72.8 Å². The number of likely N-dealkylation sites (tertiary alicyclic amines) is 1. The molecule has 4 atom stereocenters. The molecule has 1 aliphatic heterocycles. The lowest BCUT2D eigenvalue weighted by atomic mass is 10.1. The quantitative estimate of drug-likeness (QED) is 0.731. The van der Waals surface area contributed by atoms with Crippen LogP contribution in [0.4, 0.5) is 0 Å². The zero-order valence-corrected chi connectivity index (χ0v) is 11.9. The number of hydrogen-bond donors (Lipinski definition) is 3. The molecule has 1 aliphatic rings. The standard InChI is InChI=1S/C15H22N2O3/c1-10-14(19)15(20)13(8-16-11(2)18)17(10)9-12-6-4-3-5-7-12/h3-7,10,13-15,19-20H,8-9H2,1-2H3,(H,16,18)/t10-,13-,14-,15-/m1/s1. The average molecular weight is 278 g/mol. The van der Waals surface area contributed by atoms with Gasteiger partial charge in [0.2, 0.25) is 5.91 Å². The van der Waals surface area contributed by atoms with Crippen molar-refractivity contribution in [1.82, 2.24) is 10.2 Å². The molecule has 5 nitrogen and oxygen atoms in total. The van der Waals surface area contributed by atoms with Crippen LogP contribution >= 0.6 is 0 Å². The van der Waals surface area contributed by atoms with Crippen molar-refractivity contribution < 1.29 is 15.0 Å². The van der Waals surface area contributed by atoms with Crippen LogP contribution in [0.3, 0.4) is 0 Å². The fourth-order valence-corrected chi connectivity index (χ4v) is 2.75. The molecule has 1 aromatic rings. The lowest BCUT2D eigenvalue weighted by molar-refractivity contribution is -0.119. The van der Waals surface area contributed by atoms with Gasteiger partial charge in [0.1, 0.15) is 0 Å². The Labute approximate surface area is 119 Å². The Kier molecular flexibility index (Phi) is 4.75. The van der Waals surface area contributed by atoms with Crippen LogP contribution in [0.1, 0.15) is 19.4 Å². The molecule has 0 unspecified atom stereocenters. The van der Waals surface area contributed by atoms with E-state index in [0.29, 0.717) is 13.1 Å². The molecule has 1 fully saturated rings. The highest BCUT2D eigenvalue weighted by Crippen LogP contribution is 2.26. The minimum atomic E-state index is -0.847. The van der Waals surface area contributed by atoms with Gasteiger partial charge in [-0.05, 0) is 12.5 Å². The number of carbonyl (C=O) groups is 1. The van der Waals surface area contributed by atoms with Gasteiger partial charge in [-0.25, -0.2) is 0 Å². The van der Waals surface area contributed by atoms with E-state index in [9.17, 15) is 15.0 Å². The number of carbonyl (C=O) groups excluding carboxylic acids is 1. The van der Waals surface area contributed by atoms with Crippen molar-refractivity contribution in [1.29, 1.82) is 0 Å². The van der Waals surface area contributed by atoms with Gasteiger partial charge in [0, 0.05) is 26.1 Å². The first-order valence-corrected chi connectivity index (χ1v) is 6.91. The first-order valence-electron chi connectivity index (χ1n) is 6.91. The number of nitrogens with one attached hydrogen (secondary N) is 1. The van der Waals surface area contributed by atoms with Crippen molar-refractivity contribution in [2.75, 3.05) is 6.54 Å². The van der Waals surface area contributed by atoms with Crippen LogP contribution in [0.5, 0.6) is 0 Å². The van der Waals surface area contributed by atoms with Crippen LogP contribution in [-0.4, -0.2) is 51.9 Å². The minimum absolute atomic E-state index is 0.133. The third-order valence-electron chi connectivity index (χ3n) is 3.96. The molecule has 0 aliphatic carbocycles. The molecule has 110 valence electrons. The summed E-state index contributed by atoms with van der Waals surface area (Å²) in [5.74, 6) is -0.133. The molecule has 1 amide bonds. The van der Waals surface area contributed by atoms with Gasteiger partial charge in [-0.2, -0.15) is 0 Å². The third kappa shape index (κ3) is 3.17. The van der Waals surface area contributed by atoms with Crippen molar-refractivity contribution in [2.45, 2.75) is 44.7 Å². The smallest absolute Gasteiger partial charge is 0.216 e. The Bertz CT molecular complexity index is 452. The molecule has 1 aromatic carbocycles. The summed E-state index contributed by atoms with van der Waals surface area (Å²) in [5.41, 5.74) is 1.12. The van der Waals surface area contributed by atoms with Crippen molar-refractivity contribution >= 4 is 5.91 Å². The van der Waals surface area contributed by atoms with Crippen LogP contribution in [0.2, 0.25) is 0 Å². The van der Waals surface area contributed by atoms with E-state index in [1.54, 1.807) is 0 Å². The predicted molar refractivity (Wildman–Crippen MR) is 75.9 cm³/mol. The highest BCUT2D eigenvalue weighted by Gasteiger charge is 2.44. The Hall–Kier alpha value is -1.43. The predicted octanol–water partition coefficient (Wildman–Crippen LogP) is 0.117. The third-order valence-corrected chi connectivity index (χ3v) is 3.96. The zero-order chi connectivity index (χ0) is 14.7. The van der Waals surface area contributed by atoms with Gasteiger partial charge in [0.15, 0.2) is 0 Å². The molecule has 5 heteroatoms. The zero-order valence-electron chi connectivity index (χ0n) is 11.9. The van der Waals surface area contributed by atoms with Crippen LogP contribution in [0, 0.1) is 0 Å². The van der Waals surface area contributed by atoms with Gasteiger partial charge < -0.3 is 15.5 Å². The highest BCUT2D eigenvalue weighted by atomic mass is 16.3. The van der Waals surface area contributed by atoms with Crippen molar-refractivity contribution in [3.63, 3.8) is 0 Å². The second-order valence-electron chi connectivity index (χ2n) is 5.38. The van der Waals surface area contributed by atoms with Crippen molar-refractivity contribution in [3.05, 3.63) is 35.9 Å². The Morgan fingerprint density at radius 2 is 1.90 bits per heavy atom. The number of hydrogen-bond acceptors (Lipinski definition) is 4. The van der Waals surface area contributed by atoms with Gasteiger partial charge in [-0.1, -0.05) is 30.3 Å². The maximum absolute atomic E-state index is 11.1. The molecule has 0 saturated carbocycles. The van der Waals surface area contributed by atoms with E-state index in [-0.39, 0.29) is 18.0 Å². The van der Waals surface area contributed by atoms with Gasteiger partial charge in [-0.3, -0.25) is 9.69 Å².